The van der Waals surface area contributed by atoms with Crippen LogP contribution in [0.5, 0.6) is 0 Å². The summed E-state index contributed by atoms with van der Waals surface area (Å²) in [6.07, 6.45) is 4.16. The van der Waals surface area contributed by atoms with Crippen molar-refractivity contribution in [1.29, 1.82) is 0 Å². The van der Waals surface area contributed by atoms with E-state index in [0.29, 0.717) is 4.68 Å². The third kappa shape index (κ3) is 4.16. The Morgan fingerprint density at radius 1 is 1.28 bits per heavy atom. The van der Waals surface area contributed by atoms with Gasteiger partial charge in [-0.05, 0) is 30.4 Å². The Morgan fingerprint density at radius 2 is 1.93 bits per heavy atom. The smallest absolute Gasteiger partial charge is 0.251 e. The number of aromatic nitrogens is 4. The molecule has 2 aromatic heterocycles. The van der Waals surface area contributed by atoms with Crippen LogP contribution in [0.2, 0.25) is 0 Å². The number of hydrogen-bond donors (Lipinski definition) is 0. The number of alkyl halides is 4. The second kappa shape index (κ2) is 7.15. The number of sulfone groups is 1. The number of pyridine rings is 1. The van der Waals surface area contributed by atoms with Crippen LogP contribution >= 0.6 is 0 Å². The SMILES string of the molecule is CCS(=O)(=O)c1cc(C2CC2)cnc1-c1ncn(/C=C(\F)C(F)(F)C(C)(F)F)n1. The molecule has 6 nitrogen and oxygen atoms in total. The van der Waals surface area contributed by atoms with Crippen LogP contribution in [0.25, 0.3) is 17.7 Å². The Hall–Kier alpha value is -2.37. The molecule has 12 heteroatoms. The Bertz CT molecular complexity index is 1060. The maximum absolute atomic E-state index is 13.7. The van der Waals surface area contributed by atoms with Crippen molar-refractivity contribution in [2.75, 3.05) is 5.75 Å². The predicted octanol–water partition coefficient (Wildman–Crippen LogP) is 4.07. The number of allylic oxidation sites excluding steroid dienone is 1. The van der Waals surface area contributed by atoms with E-state index in [0.717, 1.165) is 24.7 Å². The van der Waals surface area contributed by atoms with Gasteiger partial charge in [0.15, 0.2) is 15.7 Å². The third-order valence-electron chi connectivity index (χ3n) is 4.45. The van der Waals surface area contributed by atoms with Crippen molar-refractivity contribution in [1.82, 2.24) is 19.7 Å². The van der Waals surface area contributed by atoms with Gasteiger partial charge in [0.2, 0.25) is 5.82 Å². The molecular weight excluding hydrogens is 419 g/mol. The first-order chi connectivity index (χ1) is 13.4. The molecule has 0 amide bonds. The first-order valence-corrected chi connectivity index (χ1v) is 10.3. The van der Waals surface area contributed by atoms with Gasteiger partial charge in [-0.2, -0.15) is 17.6 Å². The first-order valence-electron chi connectivity index (χ1n) is 8.64. The highest BCUT2D eigenvalue weighted by molar-refractivity contribution is 7.91. The average molecular weight is 436 g/mol. The van der Waals surface area contributed by atoms with Crippen LogP contribution in [-0.4, -0.2) is 45.8 Å². The van der Waals surface area contributed by atoms with Gasteiger partial charge in [-0.25, -0.2) is 22.5 Å². The van der Waals surface area contributed by atoms with Gasteiger partial charge < -0.3 is 0 Å². The van der Waals surface area contributed by atoms with Gasteiger partial charge in [-0.15, -0.1) is 5.10 Å². The zero-order valence-corrected chi connectivity index (χ0v) is 16.2. The molecule has 0 unspecified atom stereocenters. The molecule has 3 rings (SSSR count). The summed E-state index contributed by atoms with van der Waals surface area (Å²) in [5.74, 6) is -12.3. The van der Waals surface area contributed by atoms with E-state index in [1.54, 1.807) is 0 Å². The van der Waals surface area contributed by atoms with Crippen LogP contribution in [0.15, 0.2) is 29.3 Å². The molecule has 0 aromatic carbocycles. The lowest BCUT2D eigenvalue weighted by atomic mass is 10.2. The minimum absolute atomic E-state index is 0.0560. The maximum Gasteiger partial charge on any atom is 0.361 e. The molecule has 2 heterocycles. The highest BCUT2D eigenvalue weighted by Crippen LogP contribution is 2.42. The fraction of sp³-hybridized carbons (Fsp3) is 0.471. The van der Waals surface area contributed by atoms with E-state index in [9.17, 15) is 30.4 Å². The largest absolute Gasteiger partial charge is 0.361 e. The summed E-state index contributed by atoms with van der Waals surface area (Å²) in [4.78, 5) is 7.74. The molecule has 2 aromatic rings. The Kier molecular flexibility index (Phi) is 5.26. The topological polar surface area (TPSA) is 77.7 Å². The summed E-state index contributed by atoms with van der Waals surface area (Å²) < 4.78 is 91.6. The number of nitrogens with zero attached hydrogens (tertiary/aromatic N) is 4. The lowest BCUT2D eigenvalue weighted by molar-refractivity contribution is -0.182. The van der Waals surface area contributed by atoms with Gasteiger partial charge in [-0.1, -0.05) is 6.92 Å². The standard InChI is InChI=1S/C17H17F5N4O2S/c1-3-29(27,28)12-6-11(10-4-5-10)7-23-14(12)15-24-9-26(25-15)8-13(18)17(21,22)16(2,19)20/h6-10H,3-5H2,1-2H3/b13-8-. The Morgan fingerprint density at radius 3 is 2.48 bits per heavy atom. The molecule has 1 aliphatic carbocycles. The van der Waals surface area contributed by atoms with Crippen molar-refractivity contribution in [3.05, 3.63) is 30.0 Å². The molecule has 158 valence electrons. The highest BCUT2D eigenvalue weighted by atomic mass is 32.2. The average Bonchev–Trinajstić information content (AvgIpc) is 3.39. The van der Waals surface area contributed by atoms with E-state index >= 15 is 0 Å². The van der Waals surface area contributed by atoms with Crippen LogP contribution in [0.4, 0.5) is 22.0 Å². The van der Waals surface area contributed by atoms with Crippen molar-refractivity contribution in [2.24, 2.45) is 0 Å². The fourth-order valence-corrected chi connectivity index (χ4v) is 3.58. The first kappa shape index (κ1) is 21.3. The molecule has 1 saturated carbocycles. The van der Waals surface area contributed by atoms with Crippen LogP contribution in [0.1, 0.15) is 38.2 Å². The van der Waals surface area contributed by atoms with Crippen LogP contribution in [0.3, 0.4) is 0 Å². The van der Waals surface area contributed by atoms with Crippen molar-refractivity contribution < 1.29 is 30.4 Å². The zero-order chi connectivity index (χ0) is 21.6. The van der Waals surface area contributed by atoms with Crippen molar-refractivity contribution in [3.8, 4) is 11.5 Å². The number of halogens is 5. The summed E-state index contributed by atoms with van der Waals surface area (Å²) in [6.45, 7) is 1.33. The molecular formula is C17H17F5N4O2S. The van der Waals surface area contributed by atoms with Crippen LogP contribution < -0.4 is 0 Å². The maximum atomic E-state index is 13.7. The van der Waals surface area contributed by atoms with Gasteiger partial charge >= 0.3 is 11.8 Å². The normalized spacial score (nSPS) is 16.3. The Labute approximate surface area is 163 Å². The summed E-state index contributed by atoms with van der Waals surface area (Å²) in [5.41, 5.74) is 0.618. The van der Waals surface area contributed by atoms with Crippen molar-refractivity contribution >= 4 is 16.0 Å². The third-order valence-corrected chi connectivity index (χ3v) is 6.20. The molecule has 0 N–H and O–H groups in total. The van der Waals surface area contributed by atoms with Crippen LogP contribution in [0, 0.1) is 0 Å². The molecule has 0 spiro atoms. The summed E-state index contributed by atoms with van der Waals surface area (Å²) in [6, 6.07) is 1.47. The molecule has 1 aliphatic rings. The second-order valence-corrected chi connectivity index (χ2v) is 9.03. The van der Waals surface area contributed by atoms with Crippen LogP contribution in [-0.2, 0) is 9.84 Å². The van der Waals surface area contributed by atoms with E-state index in [-0.39, 0.29) is 41.2 Å². The molecule has 29 heavy (non-hydrogen) atoms. The monoisotopic (exact) mass is 436 g/mol. The van der Waals surface area contributed by atoms with Gasteiger partial charge in [0.05, 0.1) is 16.8 Å². The Balaban J connectivity index is 2.02. The summed E-state index contributed by atoms with van der Waals surface area (Å²) in [5, 5.41) is 3.70. The summed E-state index contributed by atoms with van der Waals surface area (Å²) >= 11 is 0. The lowest BCUT2D eigenvalue weighted by Crippen LogP contribution is -2.38. The van der Waals surface area contributed by atoms with Crippen molar-refractivity contribution in [3.63, 3.8) is 0 Å². The summed E-state index contributed by atoms with van der Waals surface area (Å²) in [7, 11) is -3.72. The lowest BCUT2D eigenvalue weighted by Gasteiger charge is -2.20. The molecule has 1 fully saturated rings. The van der Waals surface area contributed by atoms with Crippen molar-refractivity contribution in [2.45, 2.75) is 49.3 Å². The van der Waals surface area contributed by atoms with E-state index in [2.05, 4.69) is 15.1 Å². The van der Waals surface area contributed by atoms with Gasteiger partial charge in [0, 0.05) is 13.1 Å². The minimum Gasteiger partial charge on any atom is -0.251 e. The van der Waals surface area contributed by atoms with E-state index in [1.165, 1.54) is 19.2 Å². The molecule has 0 aliphatic heterocycles. The quantitative estimate of drug-likeness (QED) is 0.612. The predicted molar refractivity (Wildman–Crippen MR) is 93.9 cm³/mol. The molecule has 0 atom stereocenters. The zero-order valence-electron chi connectivity index (χ0n) is 15.4. The van der Waals surface area contributed by atoms with E-state index in [1.807, 2.05) is 0 Å². The highest BCUT2D eigenvalue weighted by Gasteiger charge is 2.56. The number of hydrogen-bond acceptors (Lipinski definition) is 5. The van der Waals surface area contributed by atoms with E-state index in [4.69, 9.17) is 0 Å². The number of rotatable bonds is 7. The second-order valence-electron chi connectivity index (χ2n) is 6.78. The van der Waals surface area contributed by atoms with Gasteiger partial charge in [-0.3, -0.25) is 4.98 Å². The van der Waals surface area contributed by atoms with E-state index < -0.39 is 27.5 Å². The fourth-order valence-electron chi connectivity index (χ4n) is 2.51. The minimum atomic E-state index is -5.04. The molecule has 0 saturated heterocycles. The molecule has 0 bridgehead atoms. The van der Waals surface area contributed by atoms with Gasteiger partial charge in [0.1, 0.15) is 12.0 Å². The molecule has 0 radical (unpaired) electrons. The van der Waals surface area contributed by atoms with Gasteiger partial charge in [0.25, 0.3) is 0 Å².